The van der Waals surface area contributed by atoms with Gasteiger partial charge in [-0.05, 0) is 26.8 Å². The van der Waals surface area contributed by atoms with Crippen molar-refractivity contribution in [3.05, 3.63) is 41.7 Å². The maximum Gasteiger partial charge on any atom is 0.120 e. The number of nitrogens with one attached hydrogen (secondary N) is 1. The van der Waals surface area contributed by atoms with Gasteiger partial charge in [0.1, 0.15) is 5.75 Å². The number of nitrogens with zero attached hydrogens (tertiary/aromatic N) is 2. The molecule has 1 aromatic carbocycles. The third kappa shape index (κ3) is 2.64. The maximum absolute atomic E-state index is 9.87. The van der Waals surface area contributed by atoms with Crippen molar-refractivity contribution in [2.75, 3.05) is 5.32 Å². The summed E-state index contributed by atoms with van der Waals surface area (Å²) < 4.78 is 1.87. The Balaban J connectivity index is 2.16. The maximum atomic E-state index is 9.87. The summed E-state index contributed by atoms with van der Waals surface area (Å²) in [6.07, 6.45) is 3.76. The molecule has 0 radical (unpaired) electrons. The van der Waals surface area contributed by atoms with Crippen molar-refractivity contribution in [3.8, 4) is 5.75 Å². The summed E-state index contributed by atoms with van der Waals surface area (Å²) in [4.78, 5) is 0. The number of phenolic OH excluding ortho intramolecular Hbond substituents is 1. The monoisotopic (exact) mass is 245 g/mol. The molecular weight excluding hydrogens is 226 g/mol. The Labute approximate surface area is 107 Å². The van der Waals surface area contributed by atoms with Crippen molar-refractivity contribution in [2.45, 2.75) is 33.4 Å². The molecule has 1 atom stereocenters. The van der Waals surface area contributed by atoms with E-state index in [1.165, 1.54) is 0 Å². The highest BCUT2D eigenvalue weighted by Crippen LogP contribution is 2.27. The normalized spacial score (nSPS) is 12.4. The summed E-state index contributed by atoms with van der Waals surface area (Å²) in [7, 11) is 0. The van der Waals surface area contributed by atoms with E-state index < -0.39 is 0 Å². The summed E-state index contributed by atoms with van der Waals surface area (Å²) in [5.74, 6) is 0.323. The Kier molecular flexibility index (Phi) is 3.55. The van der Waals surface area contributed by atoms with E-state index in [0.29, 0.717) is 5.75 Å². The fourth-order valence-corrected chi connectivity index (χ4v) is 1.96. The number of phenols is 1. The molecule has 0 spiro atoms. The number of hydrogen-bond donors (Lipinski definition) is 2. The fraction of sp³-hybridized carbons (Fsp3) is 0.357. The van der Waals surface area contributed by atoms with Crippen molar-refractivity contribution >= 4 is 5.69 Å². The molecule has 0 aliphatic carbocycles. The molecule has 1 aromatic heterocycles. The van der Waals surface area contributed by atoms with Crippen LogP contribution in [0.5, 0.6) is 5.75 Å². The van der Waals surface area contributed by atoms with E-state index in [1.807, 2.05) is 43.8 Å². The van der Waals surface area contributed by atoms with Gasteiger partial charge in [-0.15, -0.1) is 0 Å². The first-order chi connectivity index (χ1) is 8.60. The summed E-state index contributed by atoms with van der Waals surface area (Å²) >= 11 is 0. The number of rotatable bonds is 4. The molecule has 2 aromatic rings. The molecule has 4 nitrogen and oxygen atoms in total. The second kappa shape index (κ2) is 5.12. The van der Waals surface area contributed by atoms with Crippen molar-refractivity contribution in [1.29, 1.82) is 0 Å². The lowest BCUT2D eigenvalue weighted by molar-refractivity contribution is 0.465. The quantitative estimate of drug-likeness (QED) is 0.870. The van der Waals surface area contributed by atoms with E-state index in [4.69, 9.17) is 0 Å². The number of aromatic hydroxyl groups is 1. The molecular formula is C14H19N3O. The minimum absolute atomic E-state index is 0.0411. The van der Waals surface area contributed by atoms with E-state index in [0.717, 1.165) is 23.4 Å². The van der Waals surface area contributed by atoms with Crippen molar-refractivity contribution < 1.29 is 5.11 Å². The smallest absolute Gasteiger partial charge is 0.120 e. The van der Waals surface area contributed by atoms with Gasteiger partial charge >= 0.3 is 0 Å². The average Bonchev–Trinajstić information content (AvgIpc) is 2.80. The highest BCUT2D eigenvalue weighted by atomic mass is 16.3. The van der Waals surface area contributed by atoms with Crippen LogP contribution in [0.25, 0.3) is 0 Å². The molecule has 0 aliphatic rings. The number of aryl methyl sites for hydroxylation is 2. The number of aromatic nitrogens is 2. The highest BCUT2D eigenvalue weighted by molar-refractivity contribution is 5.45. The van der Waals surface area contributed by atoms with Crippen molar-refractivity contribution in [1.82, 2.24) is 9.78 Å². The molecule has 96 valence electrons. The molecule has 0 saturated carbocycles. The van der Waals surface area contributed by atoms with Gasteiger partial charge in [-0.2, -0.15) is 5.10 Å². The molecule has 4 heteroatoms. The lowest BCUT2D eigenvalue weighted by Crippen LogP contribution is -2.06. The Morgan fingerprint density at radius 1 is 1.44 bits per heavy atom. The Morgan fingerprint density at radius 3 is 2.89 bits per heavy atom. The number of benzene rings is 1. The molecule has 2 rings (SSSR count). The molecule has 0 saturated heterocycles. The molecule has 1 unspecified atom stereocenters. The van der Waals surface area contributed by atoms with Crippen molar-refractivity contribution in [3.63, 3.8) is 0 Å². The second-order valence-electron chi connectivity index (χ2n) is 4.51. The van der Waals surface area contributed by atoms with Gasteiger partial charge in [0.05, 0.1) is 17.9 Å². The minimum Gasteiger partial charge on any atom is -0.508 e. The van der Waals surface area contributed by atoms with Gasteiger partial charge in [0.15, 0.2) is 0 Å². The van der Waals surface area contributed by atoms with Crippen LogP contribution in [-0.4, -0.2) is 14.9 Å². The summed E-state index contributed by atoms with van der Waals surface area (Å²) in [5, 5.41) is 17.4. The zero-order chi connectivity index (χ0) is 13.1. The van der Waals surface area contributed by atoms with Crippen LogP contribution in [-0.2, 0) is 6.54 Å². The summed E-state index contributed by atoms with van der Waals surface area (Å²) in [6, 6.07) is 5.68. The van der Waals surface area contributed by atoms with Gasteiger partial charge in [0.25, 0.3) is 0 Å². The van der Waals surface area contributed by atoms with Gasteiger partial charge in [-0.1, -0.05) is 17.7 Å². The Hall–Kier alpha value is -1.97. The van der Waals surface area contributed by atoms with Crippen LogP contribution in [0.4, 0.5) is 5.69 Å². The van der Waals surface area contributed by atoms with Crippen molar-refractivity contribution in [2.24, 2.45) is 0 Å². The molecule has 0 fully saturated rings. The topological polar surface area (TPSA) is 50.1 Å². The average molecular weight is 245 g/mol. The lowest BCUT2D eigenvalue weighted by Gasteiger charge is -2.16. The predicted molar refractivity (Wildman–Crippen MR) is 72.8 cm³/mol. The predicted octanol–water partition coefficient (Wildman–Crippen LogP) is 3.09. The number of anilines is 1. The van der Waals surface area contributed by atoms with E-state index >= 15 is 0 Å². The highest BCUT2D eigenvalue weighted by Gasteiger charge is 2.11. The zero-order valence-electron chi connectivity index (χ0n) is 11.0. The van der Waals surface area contributed by atoms with Crippen LogP contribution in [0, 0.1) is 6.92 Å². The summed E-state index contributed by atoms with van der Waals surface area (Å²) in [6.45, 7) is 6.95. The van der Waals surface area contributed by atoms with Crippen LogP contribution >= 0.6 is 0 Å². The first-order valence-corrected chi connectivity index (χ1v) is 6.18. The fourth-order valence-electron chi connectivity index (χ4n) is 1.96. The first kappa shape index (κ1) is 12.5. The first-order valence-electron chi connectivity index (χ1n) is 6.18. The van der Waals surface area contributed by atoms with Crippen LogP contribution in [0.1, 0.15) is 31.0 Å². The number of hydrogen-bond acceptors (Lipinski definition) is 3. The van der Waals surface area contributed by atoms with Crippen LogP contribution in [0.2, 0.25) is 0 Å². The van der Waals surface area contributed by atoms with Gasteiger partial charge in [-0.3, -0.25) is 4.68 Å². The van der Waals surface area contributed by atoms with E-state index in [9.17, 15) is 5.11 Å². The third-order valence-electron chi connectivity index (χ3n) is 2.99. The Morgan fingerprint density at radius 2 is 2.22 bits per heavy atom. The molecule has 2 N–H and O–H groups in total. The molecule has 0 amide bonds. The van der Waals surface area contributed by atoms with E-state index in [-0.39, 0.29) is 6.04 Å². The molecule has 1 heterocycles. The van der Waals surface area contributed by atoms with Crippen LogP contribution < -0.4 is 5.32 Å². The lowest BCUT2D eigenvalue weighted by atomic mass is 10.0. The van der Waals surface area contributed by atoms with Gasteiger partial charge in [-0.25, -0.2) is 0 Å². The molecule has 18 heavy (non-hydrogen) atoms. The third-order valence-corrected chi connectivity index (χ3v) is 2.99. The zero-order valence-corrected chi connectivity index (χ0v) is 11.0. The van der Waals surface area contributed by atoms with Gasteiger partial charge in [0.2, 0.25) is 0 Å². The minimum atomic E-state index is 0.0411. The summed E-state index contributed by atoms with van der Waals surface area (Å²) in [5.41, 5.74) is 3.00. The van der Waals surface area contributed by atoms with E-state index in [2.05, 4.69) is 10.4 Å². The Bertz CT molecular complexity index is 534. The largest absolute Gasteiger partial charge is 0.508 e. The van der Waals surface area contributed by atoms with Gasteiger partial charge < -0.3 is 10.4 Å². The molecule has 0 aliphatic heterocycles. The van der Waals surface area contributed by atoms with Crippen LogP contribution in [0.15, 0.2) is 30.6 Å². The van der Waals surface area contributed by atoms with E-state index in [1.54, 1.807) is 12.3 Å². The molecule has 0 bridgehead atoms. The van der Waals surface area contributed by atoms with Gasteiger partial charge in [0, 0.05) is 18.3 Å². The SMILES string of the molecule is CCn1cc(NC(C)c2cc(C)ccc2O)cn1. The van der Waals surface area contributed by atoms with Crippen LogP contribution in [0.3, 0.4) is 0 Å². The standard InChI is InChI=1S/C14H19N3O/c1-4-17-9-12(8-15-17)16-11(3)13-7-10(2)5-6-14(13)18/h5-9,11,16,18H,4H2,1-3H3. The second-order valence-corrected chi connectivity index (χ2v) is 4.51.